The number of amides is 1. The zero-order chi connectivity index (χ0) is 17.6. The standard InChI is InChI=1S/C16H21BrN2O5/c1-4-22-15-12(17)7-11(8-13(15)21-3)10-18-19-14(20)9-16(2)23-5-6-24-16/h7-8,10H,4-6,9H2,1-3H3,(H,19,20)/b18-10-. The highest BCUT2D eigenvalue weighted by Crippen LogP contribution is 2.36. The van der Waals surface area contributed by atoms with Gasteiger partial charge in [0.1, 0.15) is 0 Å². The largest absolute Gasteiger partial charge is 0.493 e. The number of hydrogen-bond acceptors (Lipinski definition) is 6. The molecule has 0 unspecified atom stereocenters. The Balaban J connectivity index is 1.98. The van der Waals surface area contributed by atoms with Gasteiger partial charge in [0.2, 0.25) is 5.91 Å². The summed E-state index contributed by atoms with van der Waals surface area (Å²) in [6.45, 7) is 5.15. The van der Waals surface area contributed by atoms with Crippen LogP contribution in [-0.2, 0) is 14.3 Å². The fraction of sp³-hybridized carbons (Fsp3) is 0.500. The van der Waals surface area contributed by atoms with Crippen LogP contribution in [0.15, 0.2) is 21.7 Å². The number of nitrogens with one attached hydrogen (secondary N) is 1. The summed E-state index contributed by atoms with van der Waals surface area (Å²) in [4.78, 5) is 11.9. The van der Waals surface area contributed by atoms with Crippen LogP contribution in [0.3, 0.4) is 0 Å². The molecule has 1 saturated heterocycles. The zero-order valence-electron chi connectivity index (χ0n) is 13.9. The van der Waals surface area contributed by atoms with Gasteiger partial charge < -0.3 is 18.9 Å². The van der Waals surface area contributed by atoms with Crippen molar-refractivity contribution in [1.82, 2.24) is 5.43 Å². The monoisotopic (exact) mass is 400 g/mol. The maximum Gasteiger partial charge on any atom is 0.245 e. The third-order valence-electron chi connectivity index (χ3n) is 3.32. The van der Waals surface area contributed by atoms with E-state index in [0.717, 1.165) is 10.0 Å². The van der Waals surface area contributed by atoms with Crippen molar-refractivity contribution in [3.05, 3.63) is 22.2 Å². The summed E-state index contributed by atoms with van der Waals surface area (Å²) in [6.07, 6.45) is 1.61. The highest BCUT2D eigenvalue weighted by atomic mass is 79.9. The van der Waals surface area contributed by atoms with E-state index < -0.39 is 5.79 Å². The lowest BCUT2D eigenvalue weighted by molar-refractivity contribution is -0.159. The number of nitrogens with zero attached hydrogens (tertiary/aromatic N) is 1. The van der Waals surface area contributed by atoms with Gasteiger partial charge in [-0.3, -0.25) is 4.79 Å². The lowest BCUT2D eigenvalue weighted by Gasteiger charge is -2.20. The molecule has 1 aliphatic rings. The van der Waals surface area contributed by atoms with Gasteiger partial charge in [-0.25, -0.2) is 5.43 Å². The van der Waals surface area contributed by atoms with E-state index >= 15 is 0 Å². The van der Waals surface area contributed by atoms with Crippen molar-refractivity contribution in [1.29, 1.82) is 0 Å². The smallest absolute Gasteiger partial charge is 0.245 e. The first-order valence-electron chi connectivity index (χ1n) is 7.57. The van der Waals surface area contributed by atoms with E-state index in [4.69, 9.17) is 18.9 Å². The summed E-state index contributed by atoms with van der Waals surface area (Å²) >= 11 is 3.44. The average Bonchev–Trinajstić information content (AvgIpc) is 2.95. The minimum absolute atomic E-state index is 0.0840. The molecule has 0 aliphatic carbocycles. The maximum atomic E-state index is 11.9. The van der Waals surface area contributed by atoms with Crippen molar-refractivity contribution < 1.29 is 23.7 Å². The predicted molar refractivity (Wildman–Crippen MR) is 92.5 cm³/mol. The van der Waals surface area contributed by atoms with Crippen LogP contribution in [0.25, 0.3) is 0 Å². The molecule has 1 aliphatic heterocycles. The molecule has 8 heteroatoms. The van der Waals surface area contributed by atoms with Crippen molar-refractivity contribution in [2.24, 2.45) is 5.10 Å². The molecule has 0 saturated carbocycles. The molecule has 0 aromatic heterocycles. The van der Waals surface area contributed by atoms with Gasteiger partial charge in [0, 0.05) is 0 Å². The van der Waals surface area contributed by atoms with E-state index in [-0.39, 0.29) is 12.3 Å². The third kappa shape index (κ3) is 4.93. The summed E-state index contributed by atoms with van der Waals surface area (Å²) < 4.78 is 22.4. The van der Waals surface area contributed by atoms with E-state index in [2.05, 4.69) is 26.5 Å². The molecule has 1 aromatic carbocycles. The number of carbonyl (C=O) groups is 1. The summed E-state index contributed by atoms with van der Waals surface area (Å²) in [5.74, 6) is 0.0573. The molecule has 0 spiro atoms. The van der Waals surface area contributed by atoms with Crippen LogP contribution in [0, 0.1) is 0 Å². The van der Waals surface area contributed by atoms with Gasteiger partial charge in [-0.2, -0.15) is 5.10 Å². The van der Waals surface area contributed by atoms with Crippen LogP contribution >= 0.6 is 15.9 Å². The number of methoxy groups -OCH3 is 1. The molecule has 132 valence electrons. The Morgan fingerprint density at radius 1 is 1.46 bits per heavy atom. The lowest BCUT2D eigenvalue weighted by atomic mass is 10.2. The predicted octanol–water partition coefficient (Wildman–Crippen LogP) is 2.46. The first kappa shape index (κ1) is 18.7. The SMILES string of the molecule is CCOc1c(Br)cc(/C=N\NC(=O)CC2(C)OCCO2)cc1OC. The Morgan fingerprint density at radius 2 is 2.17 bits per heavy atom. The van der Waals surface area contributed by atoms with Crippen LogP contribution < -0.4 is 14.9 Å². The topological polar surface area (TPSA) is 78.4 Å². The molecule has 1 amide bonds. The number of ether oxygens (including phenoxy) is 4. The first-order valence-corrected chi connectivity index (χ1v) is 8.37. The molecule has 24 heavy (non-hydrogen) atoms. The molecule has 7 nitrogen and oxygen atoms in total. The number of hydrogen-bond donors (Lipinski definition) is 1. The lowest BCUT2D eigenvalue weighted by Crippen LogP contribution is -2.33. The summed E-state index contributed by atoms with van der Waals surface area (Å²) in [6, 6.07) is 3.60. The molecule has 2 rings (SSSR count). The van der Waals surface area contributed by atoms with Crippen LogP contribution in [0.5, 0.6) is 11.5 Å². The first-order chi connectivity index (χ1) is 11.5. The van der Waals surface area contributed by atoms with Gasteiger partial charge >= 0.3 is 0 Å². The maximum absolute atomic E-state index is 11.9. The Morgan fingerprint density at radius 3 is 2.79 bits per heavy atom. The Bertz CT molecular complexity index is 615. The molecule has 1 fully saturated rings. The minimum Gasteiger partial charge on any atom is -0.493 e. The molecular weight excluding hydrogens is 380 g/mol. The highest BCUT2D eigenvalue weighted by Gasteiger charge is 2.33. The second kappa shape index (κ2) is 8.46. The number of halogens is 1. The number of rotatable bonds is 7. The molecule has 0 atom stereocenters. The van der Waals surface area contributed by atoms with E-state index in [1.54, 1.807) is 20.1 Å². The van der Waals surface area contributed by atoms with E-state index in [9.17, 15) is 4.79 Å². The molecule has 0 radical (unpaired) electrons. The van der Waals surface area contributed by atoms with E-state index in [0.29, 0.717) is 31.3 Å². The van der Waals surface area contributed by atoms with E-state index in [1.807, 2.05) is 13.0 Å². The van der Waals surface area contributed by atoms with Crippen molar-refractivity contribution in [3.63, 3.8) is 0 Å². The summed E-state index contributed by atoms with van der Waals surface area (Å²) in [5.41, 5.74) is 3.21. The van der Waals surface area contributed by atoms with Gasteiger partial charge in [0.15, 0.2) is 17.3 Å². The number of benzene rings is 1. The van der Waals surface area contributed by atoms with Gasteiger partial charge in [0.05, 0.1) is 44.0 Å². The van der Waals surface area contributed by atoms with Crippen LogP contribution in [0.4, 0.5) is 0 Å². The molecule has 0 bridgehead atoms. The van der Waals surface area contributed by atoms with Crippen molar-refractivity contribution in [2.75, 3.05) is 26.9 Å². The van der Waals surface area contributed by atoms with Crippen molar-refractivity contribution in [3.8, 4) is 11.5 Å². The van der Waals surface area contributed by atoms with Crippen molar-refractivity contribution >= 4 is 28.1 Å². The number of carbonyl (C=O) groups excluding carboxylic acids is 1. The van der Waals surface area contributed by atoms with Gasteiger partial charge in [-0.15, -0.1) is 0 Å². The average molecular weight is 401 g/mol. The normalized spacial score (nSPS) is 16.3. The van der Waals surface area contributed by atoms with Crippen molar-refractivity contribution in [2.45, 2.75) is 26.1 Å². The van der Waals surface area contributed by atoms with Gasteiger partial charge in [-0.1, -0.05) is 0 Å². The van der Waals surface area contributed by atoms with E-state index in [1.165, 1.54) is 6.21 Å². The Hall–Kier alpha value is -1.64. The number of hydrazone groups is 1. The third-order valence-corrected chi connectivity index (χ3v) is 3.91. The molecule has 1 N–H and O–H groups in total. The zero-order valence-corrected chi connectivity index (χ0v) is 15.5. The fourth-order valence-corrected chi connectivity index (χ4v) is 2.84. The molecular formula is C16H21BrN2O5. The van der Waals surface area contributed by atoms with Crippen LogP contribution in [0.2, 0.25) is 0 Å². The fourth-order valence-electron chi connectivity index (χ4n) is 2.27. The van der Waals surface area contributed by atoms with Crippen LogP contribution in [-0.4, -0.2) is 44.8 Å². The Kier molecular flexibility index (Phi) is 6.59. The van der Waals surface area contributed by atoms with Crippen LogP contribution in [0.1, 0.15) is 25.8 Å². The summed E-state index contributed by atoms with van der Waals surface area (Å²) in [7, 11) is 1.56. The minimum atomic E-state index is -0.870. The quantitative estimate of drug-likeness (QED) is 0.561. The highest BCUT2D eigenvalue weighted by molar-refractivity contribution is 9.10. The second-order valence-corrected chi connectivity index (χ2v) is 6.12. The van der Waals surface area contributed by atoms with Gasteiger partial charge in [-0.05, 0) is 47.5 Å². The summed E-state index contributed by atoms with van der Waals surface area (Å²) in [5, 5.41) is 3.95. The van der Waals surface area contributed by atoms with Gasteiger partial charge in [0.25, 0.3) is 0 Å². The Labute approximate surface area is 149 Å². The molecule has 1 heterocycles. The second-order valence-electron chi connectivity index (χ2n) is 5.27. The molecule has 1 aromatic rings.